The Kier molecular flexibility index (Phi) is 4.51. The maximum atomic E-state index is 12.2. The molecule has 0 bridgehead atoms. The molecular weight excluding hydrogens is 220 g/mol. The molecule has 1 aliphatic heterocycles. The molecule has 1 unspecified atom stereocenters. The van der Waals surface area contributed by atoms with Crippen LogP contribution >= 0.6 is 0 Å². The van der Waals surface area contributed by atoms with Crippen LogP contribution in [0.4, 0.5) is 0 Å². The summed E-state index contributed by atoms with van der Waals surface area (Å²) in [5.74, 6) is -0.614. The first-order chi connectivity index (χ1) is 7.86. The smallest absolute Gasteiger partial charge is 0.303 e. The fourth-order valence-corrected chi connectivity index (χ4v) is 2.34. The summed E-state index contributed by atoms with van der Waals surface area (Å²) >= 11 is 0. The van der Waals surface area contributed by atoms with Crippen molar-refractivity contribution in [2.24, 2.45) is 5.92 Å². The minimum absolute atomic E-state index is 0.0623. The van der Waals surface area contributed by atoms with Crippen molar-refractivity contribution < 1.29 is 14.7 Å². The summed E-state index contributed by atoms with van der Waals surface area (Å²) < 4.78 is 0. The Balaban J connectivity index is 2.53. The van der Waals surface area contributed by atoms with Gasteiger partial charge >= 0.3 is 5.97 Å². The van der Waals surface area contributed by atoms with Crippen LogP contribution in [0.1, 0.15) is 33.6 Å². The summed E-state index contributed by atoms with van der Waals surface area (Å²) in [5.41, 5.74) is -0.563. The number of amides is 1. The second kappa shape index (κ2) is 5.49. The first kappa shape index (κ1) is 14.0. The maximum absolute atomic E-state index is 12.2. The number of hydrogen-bond acceptors (Lipinski definition) is 3. The summed E-state index contributed by atoms with van der Waals surface area (Å²) in [4.78, 5) is 24.6. The molecule has 2 N–H and O–H groups in total. The van der Waals surface area contributed by atoms with E-state index in [0.29, 0.717) is 13.1 Å². The number of nitrogens with one attached hydrogen (secondary N) is 1. The summed E-state index contributed by atoms with van der Waals surface area (Å²) in [6.45, 7) is 7.68. The molecule has 0 saturated carbocycles. The van der Waals surface area contributed by atoms with Gasteiger partial charge in [-0.1, -0.05) is 6.92 Å². The predicted molar refractivity (Wildman–Crippen MR) is 64.7 cm³/mol. The zero-order valence-corrected chi connectivity index (χ0v) is 10.8. The van der Waals surface area contributed by atoms with Crippen LogP contribution in [-0.2, 0) is 9.59 Å². The fourth-order valence-electron chi connectivity index (χ4n) is 2.34. The third-order valence-corrected chi connectivity index (χ3v) is 3.19. The van der Waals surface area contributed by atoms with E-state index in [-0.39, 0.29) is 18.2 Å². The van der Waals surface area contributed by atoms with Crippen LogP contribution in [0.5, 0.6) is 0 Å². The minimum Gasteiger partial charge on any atom is -0.481 e. The van der Waals surface area contributed by atoms with E-state index in [1.807, 2.05) is 20.8 Å². The van der Waals surface area contributed by atoms with Gasteiger partial charge in [0.15, 0.2) is 0 Å². The van der Waals surface area contributed by atoms with Gasteiger partial charge < -0.3 is 15.3 Å². The van der Waals surface area contributed by atoms with E-state index in [9.17, 15) is 9.59 Å². The number of carbonyl (C=O) groups is 2. The van der Waals surface area contributed by atoms with Crippen LogP contribution in [0.2, 0.25) is 0 Å². The van der Waals surface area contributed by atoms with Gasteiger partial charge in [0.2, 0.25) is 5.91 Å². The highest BCUT2D eigenvalue weighted by molar-refractivity contribution is 5.85. The highest BCUT2D eigenvalue weighted by Gasteiger charge is 2.35. The number of rotatable bonds is 5. The van der Waals surface area contributed by atoms with E-state index in [0.717, 1.165) is 13.0 Å². The number of likely N-dealkylation sites (N-methyl/N-ethyl adjacent to an activating group) is 1. The summed E-state index contributed by atoms with van der Waals surface area (Å²) in [5, 5.41) is 11.9. The van der Waals surface area contributed by atoms with Gasteiger partial charge in [0.1, 0.15) is 0 Å². The standard InChI is InChI=1S/C12H22N2O3/c1-4-13-12(2,3)11(17)14-6-5-9(8-14)7-10(15)16/h9,13H,4-8H2,1-3H3,(H,15,16). The Labute approximate surface area is 102 Å². The van der Waals surface area contributed by atoms with Crippen molar-refractivity contribution in [3.63, 3.8) is 0 Å². The lowest BCUT2D eigenvalue weighted by molar-refractivity contribution is -0.139. The Bertz CT molecular complexity index is 302. The molecule has 0 aliphatic carbocycles. The molecule has 0 aromatic carbocycles. The number of likely N-dealkylation sites (tertiary alicyclic amines) is 1. The van der Waals surface area contributed by atoms with Crippen molar-refractivity contribution in [1.29, 1.82) is 0 Å². The molecule has 1 rings (SSSR count). The van der Waals surface area contributed by atoms with Crippen molar-refractivity contribution in [3.05, 3.63) is 0 Å². The summed E-state index contributed by atoms with van der Waals surface area (Å²) in [6.07, 6.45) is 0.950. The zero-order chi connectivity index (χ0) is 13.1. The third-order valence-electron chi connectivity index (χ3n) is 3.19. The Hall–Kier alpha value is -1.10. The van der Waals surface area contributed by atoms with E-state index in [1.165, 1.54) is 0 Å². The van der Waals surface area contributed by atoms with Crippen LogP contribution in [-0.4, -0.2) is 47.1 Å². The van der Waals surface area contributed by atoms with E-state index < -0.39 is 11.5 Å². The van der Waals surface area contributed by atoms with Gasteiger partial charge in [0, 0.05) is 19.5 Å². The molecule has 1 atom stereocenters. The molecule has 17 heavy (non-hydrogen) atoms. The Morgan fingerprint density at radius 1 is 1.47 bits per heavy atom. The lowest BCUT2D eigenvalue weighted by Crippen LogP contribution is -2.53. The normalized spacial score (nSPS) is 20.6. The maximum Gasteiger partial charge on any atom is 0.303 e. The van der Waals surface area contributed by atoms with Gasteiger partial charge in [-0.15, -0.1) is 0 Å². The lowest BCUT2D eigenvalue weighted by atomic mass is 10.0. The van der Waals surface area contributed by atoms with Crippen LogP contribution in [0.15, 0.2) is 0 Å². The fraction of sp³-hybridized carbons (Fsp3) is 0.833. The highest BCUT2D eigenvalue weighted by atomic mass is 16.4. The molecule has 1 amide bonds. The van der Waals surface area contributed by atoms with Crippen molar-refractivity contribution in [2.45, 2.75) is 39.2 Å². The quantitative estimate of drug-likeness (QED) is 0.744. The Morgan fingerprint density at radius 3 is 2.65 bits per heavy atom. The van der Waals surface area contributed by atoms with E-state index in [1.54, 1.807) is 4.90 Å². The van der Waals surface area contributed by atoms with E-state index in [4.69, 9.17) is 5.11 Å². The molecule has 5 nitrogen and oxygen atoms in total. The summed E-state index contributed by atoms with van der Waals surface area (Å²) in [7, 11) is 0. The molecule has 98 valence electrons. The average molecular weight is 242 g/mol. The van der Waals surface area contributed by atoms with Gasteiger partial charge in [-0.05, 0) is 32.7 Å². The average Bonchev–Trinajstić information content (AvgIpc) is 2.63. The van der Waals surface area contributed by atoms with Gasteiger partial charge in [0.05, 0.1) is 5.54 Å². The third kappa shape index (κ3) is 3.70. The van der Waals surface area contributed by atoms with Crippen molar-refractivity contribution in [1.82, 2.24) is 10.2 Å². The minimum atomic E-state index is -0.782. The molecule has 1 fully saturated rings. The largest absolute Gasteiger partial charge is 0.481 e. The molecule has 1 aliphatic rings. The first-order valence-corrected chi connectivity index (χ1v) is 6.13. The molecular formula is C12H22N2O3. The number of carbonyl (C=O) groups excluding carboxylic acids is 1. The number of nitrogens with zero attached hydrogens (tertiary/aromatic N) is 1. The number of hydrogen-bond donors (Lipinski definition) is 2. The second-order valence-electron chi connectivity index (χ2n) is 5.16. The molecule has 0 spiro atoms. The van der Waals surface area contributed by atoms with E-state index in [2.05, 4.69) is 5.32 Å². The zero-order valence-electron chi connectivity index (χ0n) is 10.8. The van der Waals surface area contributed by atoms with Crippen LogP contribution < -0.4 is 5.32 Å². The predicted octanol–water partition coefficient (Wildman–Crippen LogP) is 0.698. The molecule has 5 heteroatoms. The van der Waals surface area contributed by atoms with Crippen LogP contribution in [0, 0.1) is 5.92 Å². The van der Waals surface area contributed by atoms with Gasteiger partial charge in [0.25, 0.3) is 0 Å². The molecule has 0 aromatic rings. The van der Waals surface area contributed by atoms with Crippen molar-refractivity contribution in [3.8, 4) is 0 Å². The molecule has 0 radical (unpaired) electrons. The number of carboxylic acid groups (broad SMARTS) is 1. The topological polar surface area (TPSA) is 69.6 Å². The van der Waals surface area contributed by atoms with Crippen molar-refractivity contribution >= 4 is 11.9 Å². The first-order valence-electron chi connectivity index (χ1n) is 6.13. The highest BCUT2D eigenvalue weighted by Crippen LogP contribution is 2.22. The van der Waals surface area contributed by atoms with Crippen molar-refractivity contribution in [2.75, 3.05) is 19.6 Å². The van der Waals surface area contributed by atoms with Crippen LogP contribution in [0.3, 0.4) is 0 Å². The number of aliphatic carboxylic acids is 1. The van der Waals surface area contributed by atoms with E-state index >= 15 is 0 Å². The molecule has 1 saturated heterocycles. The SMILES string of the molecule is CCNC(C)(C)C(=O)N1CCC(CC(=O)O)C1. The van der Waals surface area contributed by atoms with Gasteiger partial charge in [-0.25, -0.2) is 0 Å². The van der Waals surface area contributed by atoms with Gasteiger partial charge in [-0.3, -0.25) is 9.59 Å². The monoisotopic (exact) mass is 242 g/mol. The second-order valence-corrected chi connectivity index (χ2v) is 5.16. The van der Waals surface area contributed by atoms with Crippen LogP contribution in [0.25, 0.3) is 0 Å². The Morgan fingerprint density at radius 2 is 2.12 bits per heavy atom. The van der Waals surface area contributed by atoms with Gasteiger partial charge in [-0.2, -0.15) is 0 Å². The number of carboxylic acids is 1. The molecule has 0 aromatic heterocycles. The molecule has 1 heterocycles. The lowest BCUT2D eigenvalue weighted by Gasteiger charge is -2.30. The summed E-state index contributed by atoms with van der Waals surface area (Å²) in [6, 6.07) is 0.